The van der Waals surface area contributed by atoms with Crippen LogP contribution in [0.1, 0.15) is 22.9 Å². The molecule has 1 atom stereocenters. The number of nitrogens with one attached hydrogen (secondary N) is 1. The van der Waals surface area contributed by atoms with Gasteiger partial charge >= 0.3 is 5.97 Å². The number of rotatable bonds is 5. The van der Waals surface area contributed by atoms with Crippen LogP contribution in [-0.2, 0) is 21.2 Å². The normalized spacial score (nSPS) is 18.6. The second-order valence-electron chi connectivity index (χ2n) is 4.05. The van der Waals surface area contributed by atoms with Crippen molar-refractivity contribution < 1.29 is 18.3 Å². The predicted octanol–water partition coefficient (Wildman–Crippen LogP) is -0.0421. The highest BCUT2D eigenvalue weighted by Gasteiger charge is 2.32. The lowest BCUT2D eigenvalue weighted by Crippen LogP contribution is -2.22. The van der Waals surface area contributed by atoms with E-state index in [0.29, 0.717) is 23.7 Å². The van der Waals surface area contributed by atoms with Crippen LogP contribution in [0.15, 0.2) is 0 Å². The summed E-state index contributed by atoms with van der Waals surface area (Å²) in [6, 6.07) is 0. The van der Waals surface area contributed by atoms with Crippen molar-refractivity contribution in [2.24, 2.45) is 5.14 Å². The molecule has 1 aliphatic carbocycles. The minimum atomic E-state index is -3.49. The number of hydrogen-bond donors (Lipinski definition) is 3. The molecule has 1 aromatic heterocycles. The number of nitrogens with two attached hydrogens (primary N) is 1. The molecule has 0 bridgehead atoms. The summed E-state index contributed by atoms with van der Waals surface area (Å²) in [4.78, 5) is 16.1. The summed E-state index contributed by atoms with van der Waals surface area (Å²) in [6.45, 7) is 0.170. The minimum absolute atomic E-state index is 0.170. The van der Waals surface area contributed by atoms with Crippen molar-refractivity contribution in [2.75, 3.05) is 17.6 Å². The van der Waals surface area contributed by atoms with Crippen LogP contribution in [0.3, 0.4) is 0 Å². The maximum atomic E-state index is 11.0. The molecule has 0 aromatic carbocycles. The number of nitrogens with zero attached hydrogens (tertiary/aromatic N) is 1. The lowest BCUT2D eigenvalue weighted by Gasteiger charge is -2.03. The van der Waals surface area contributed by atoms with Gasteiger partial charge in [0.1, 0.15) is 5.92 Å². The number of hydrogen-bond acceptors (Lipinski definition) is 6. The third-order valence-corrected chi connectivity index (χ3v) is 4.54. The molecule has 0 fully saturated rings. The fourth-order valence-corrected chi connectivity index (χ4v) is 3.29. The molecule has 9 heteroatoms. The molecule has 100 valence electrons. The van der Waals surface area contributed by atoms with Crippen LogP contribution in [-0.4, -0.2) is 36.8 Å². The number of carboxylic acid groups (broad SMARTS) is 1. The van der Waals surface area contributed by atoms with Gasteiger partial charge in [-0.05, 0) is 12.8 Å². The van der Waals surface area contributed by atoms with E-state index >= 15 is 0 Å². The van der Waals surface area contributed by atoms with Crippen LogP contribution in [0.25, 0.3) is 0 Å². The van der Waals surface area contributed by atoms with E-state index in [1.807, 2.05) is 0 Å². The van der Waals surface area contributed by atoms with Crippen molar-refractivity contribution in [2.45, 2.75) is 18.8 Å². The highest BCUT2D eigenvalue weighted by Crippen LogP contribution is 2.38. The summed E-state index contributed by atoms with van der Waals surface area (Å²) >= 11 is 1.37. The molecular weight excluding hydrogens is 278 g/mol. The van der Waals surface area contributed by atoms with Gasteiger partial charge in [0.2, 0.25) is 10.0 Å². The van der Waals surface area contributed by atoms with E-state index in [0.717, 1.165) is 4.88 Å². The van der Waals surface area contributed by atoms with Gasteiger partial charge in [0.05, 0.1) is 11.4 Å². The molecule has 2 rings (SSSR count). The Hall–Kier alpha value is -1.19. The Morgan fingerprint density at radius 2 is 2.33 bits per heavy atom. The van der Waals surface area contributed by atoms with Crippen LogP contribution in [0, 0.1) is 0 Å². The monoisotopic (exact) mass is 291 g/mol. The molecule has 1 heterocycles. The number of primary sulfonamides is 1. The van der Waals surface area contributed by atoms with Gasteiger partial charge in [0.15, 0.2) is 5.13 Å². The van der Waals surface area contributed by atoms with Crippen molar-refractivity contribution >= 4 is 32.5 Å². The van der Waals surface area contributed by atoms with E-state index < -0.39 is 21.9 Å². The summed E-state index contributed by atoms with van der Waals surface area (Å²) in [5.41, 5.74) is 0.602. The molecule has 0 aliphatic heterocycles. The van der Waals surface area contributed by atoms with Gasteiger partial charge in [-0.25, -0.2) is 18.5 Å². The fraction of sp³-hybridized carbons (Fsp3) is 0.556. The Bertz CT molecular complexity index is 566. The molecule has 0 spiro atoms. The number of anilines is 1. The van der Waals surface area contributed by atoms with Gasteiger partial charge in [-0.3, -0.25) is 4.79 Å². The highest BCUT2D eigenvalue weighted by molar-refractivity contribution is 7.89. The molecule has 4 N–H and O–H groups in total. The third-order valence-electron chi connectivity index (χ3n) is 2.68. The number of thiazole rings is 1. The molecular formula is C9H13N3O4S2. The van der Waals surface area contributed by atoms with Gasteiger partial charge in [0.25, 0.3) is 0 Å². The highest BCUT2D eigenvalue weighted by atomic mass is 32.2. The van der Waals surface area contributed by atoms with Crippen LogP contribution < -0.4 is 10.5 Å². The molecule has 1 aromatic rings. The Morgan fingerprint density at radius 1 is 1.61 bits per heavy atom. The lowest BCUT2D eigenvalue weighted by atomic mass is 10.1. The van der Waals surface area contributed by atoms with Crippen LogP contribution >= 0.6 is 11.3 Å². The zero-order valence-electron chi connectivity index (χ0n) is 9.42. The molecule has 1 unspecified atom stereocenters. The van der Waals surface area contributed by atoms with Gasteiger partial charge < -0.3 is 10.4 Å². The SMILES string of the molecule is NS(=O)(=O)CCNc1nc2c(s1)CCC2C(=O)O. The average molecular weight is 291 g/mol. The molecule has 0 amide bonds. The Balaban J connectivity index is 2.01. The number of sulfonamides is 1. The fourth-order valence-electron chi connectivity index (χ4n) is 1.84. The second-order valence-corrected chi connectivity index (χ2v) is 6.87. The van der Waals surface area contributed by atoms with Crippen LogP contribution in [0.5, 0.6) is 0 Å². The average Bonchev–Trinajstić information content (AvgIpc) is 2.73. The zero-order valence-corrected chi connectivity index (χ0v) is 11.1. The van der Waals surface area contributed by atoms with E-state index in [1.165, 1.54) is 11.3 Å². The lowest BCUT2D eigenvalue weighted by molar-refractivity contribution is -0.138. The Kier molecular flexibility index (Phi) is 3.55. The Morgan fingerprint density at radius 3 is 2.94 bits per heavy atom. The van der Waals surface area contributed by atoms with E-state index in [4.69, 9.17) is 10.2 Å². The maximum Gasteiger partial charge on any atom is 0.312 e. The minimum Gasteiger partial charge on any atom is -0.481 e. The van der Waals surface area contributed by atoms with Crippen molar-refractivity contribution in [3.05, 3.63) is 10.6 Å². The van der Waals surface area contributed by atoms with Gasteiger partial charge in [-0.1, -0.05) is 0 Å². The van der Waals surface area contributed by atoms with Crippen molar-refractivity contribution in [1.29, 1.82) is 0 Å². The van der Waals surface area contributed by atoms with Crippen molar-refractivity contribution in [1.82, 2.24) is 4.98 Å². The van der Waals surface area contributed by atoms with E-state index in [9.17, 15) is 13.2 Å². The molecule has 0 saturated carbocycles. The second kappa shape index (κ2) is 4.82. The van der Waals surface area contributed by atoms with Crippen molar-refractivity contribution in [3.8, 4) is 0 Å². The summed E-state index contributed by atoms with van der Waals surface area (Å²) in [5.74, 6) is -1.58. The topological polar surface area (TPSA) is 122 Å². The van der Waals surface area contributed by atoms with E-state index in [2.05, 4.69) is 10.3 Å². The summed E-state index contributed by atoms with van der Waals surface area (Å²) in [5, 5.41) is 17.3. The molecule has 7 nitrogen and oxygen atoms in total. The smallest absolute Gasteiger partial charge is 0.312 e. The predicted molar refractivity (Wildman–Crippen MR) is 67.3 cm³/mol. The standard InChI is InChI=1S/C9H13N3O4S2/c10-18(15,16)4-3-11-9-12-7-5(8(13)14)1-2-6(7)17-9/h5H,1-4H2,(H,11,12)(H,13,14)(H2,10,15,16). The van der Waals surface area contributed by atoms with Crippen LogP contribution in [0.4, 0.5) is 5.13 Å². The molecule has 0 saturated heterocycles. The third kappa shape index (κ3) is 2.98. The molecule has 0 radical (unpaired) electrons. The maximum absolute atomic E-state index is 11.0. The van der Waals surface area contributed by atoms with E-state index in [-0.39, 0.29) is 12.3 Å². The summed E-state index contributed by atoms with van der Waals surface area (Å²) in [7, 11) is -3.49. The molecule has 1 aliphatic rings. The summed E-state index contributed by atoms with van der Waals surface area (Å²) in [6.07, 6.45) is 1.29. The number of aryl methyl sites for hydroxylation is 1. The van der Waals surface area contributed by atoms with E-state index in [1.54, 1.807) is 0 Å². The largest absolute Gasteiger partial charge is 0.481 e. The van der Waals surface area contributed by atoms with Crippen LogP contribution in [0.2, 0.25) is 0 Å². The van der Waals surface area contributed by atoms with Gasteiger partial charge in [0, 0.05) is 11.4 Å². The summed E-state index contributed by atoms with van der Waals surface area (Å²) < 4.78 is 21.5. The first-order valence-electron chi connectivity index (χ1n) is 5.33. The van der Waals surface area contributed by atoms with Crippen molar-refractivity contribution in [3.63, 3.8) is 0 Å². The number of fused-ring (bicyclic) bond motifs is 1. The Labute approximate surface area is 108 Å². The number of aliphatic carboxylic acids is 1. The first-order valence-corrected chi connectivity index (χ1v) is 7.87. The zero-order chi connectivity index (χ0) is 13.3. The first-order chi connectivity index (χ1) is 8.37. The number of aromatic nitrogens is 1. The van der Waals surface area contributed by atoms with Gasteiger partial charge in [-0.2, -0.15) is 0 Å². The quantitative estimate of drug-likeness (QED) is 0.699. The number of carbonyl (C=O) groups is 1. The molecule has 18 heavy (non-hydrogen) atoms. The first kappa shape index (κ1) is 13.2. The van der Waals surface area contributed by atoms with Gasteiger partial charge in [-0.15, -0.1) is 11.3 Å². The number of carboxylic acids is 1.